The first-order chi connectivity index (χ1) is 14.8. The highest BCUT2D eigenvalue weighted by molar-refractivity contribution is 5.89. The smallest absolute Gasteiger partial charge is 0.408 e. The largest absolute Gasteiger partial charge is 0.444 e. The van der Waals surface area contributed by atoms with Crippen molar-refractivity contribution in [2.45, 2.75) is 78.5 Å². The molecule has 2 aromatic rings. The zero-order valence-electron chi connectivity index (χ0n) is 19.9. The quantitative estimate of drug-likeness (QED) is 0.645. The van der Waals surface area contributed by atoms with Crippen LogP contribution in [0.25, 0.3) is 0 Å². The maximum atomic E-state index is 13.4. The Kier molecular flexibility index (Phi) is 6.43. The van der Waals surface area contributed by atoms with Gasteiger partial charge in [-0.3, -0.25) is 9.89 Å². The predicted molar refractivity (Wildman–Crippen MR) is 121 cm³/mol. The summed E-state index contributed by atoms with van der Waals surface area (Å²) in [6, 6.07) is 3.53. The number of rotatable bonds is 5. The molecule has 2 amide bonds. The van der Waals surface area contributed by atoms with Gasteiger partial charge >= 0.3 is 6.09 Å². The summed E-state index contributed by atoms with van der Waals surface area (Å²) in [5.41, 5.74) is -0.0774. The fourth-order valence-corrected chi connectivity index (χ4v) is 3.73. The normalized spacial score (nSPS) is 16.7. The summed E-state index contributed by atoms with van der Waals surface area (Å²) in [7, 11) is 0. The number of nitrogens with zero attached hydrogens (tertiary/aromatic N) is 4. The Hall–Kier alpha value is -3.17. The zero-order chi connectivity index (χ0) is 23.7. The Balaban J connectivity index is 1.78. The average Bonchev–Trinajstić information content (AvgIpc) is 3.27. The molecule has 1 atom stereocenters. The molecule has 0 unspecified atom stereocenters. The summed E-state index contributed by atoms with van der Waals surface area (Å²) in [5, 5.41) is 13.0. The van der Waals surface area contributed by atoms with Crippen LogP contribution in [0.3, 0.4) is 0 Å². The van der Waals surface area contributed by atoms with Crippen molar-refractivity contribution in [3.8, 4) is 0 Å². The summed E-state index contributed by atoms with van der Waals surface area (Å²) < 4.78 is 5.33. The molecule has 0 aromatic carbocycles. The first-order valence-corrected chi connectivity index (χ1v) is 10.8. The van der Waals surface area contributed by atoms with Gasteiger partial charge in [0.05, 0.1) is 11.7 Å². The maximum absolute atomic E-state index is 13.4. The lowest BCUT2D eigenvalue weighted by Crippen LogP contribution is -2.56. The number of likely N-dealkylation sites (tertiary alicyclic amines) is 1. The summed E-state index contributed by atoms with van der Waals surface area (Å²) in [6.45, 7) is 13.1. The molecule has 0 radical (unpaired) electrons. The predicted octanol–water partition coefficient (Wildman–Crippen LogP) is 3.53. The molecule has 10 nitrogen and oxygen atoms in total. The molecule has 0 bridgehead atoms. The van der Waals surface area contributed by atoms with Crippen LogP contribution in [-0.2, 0) is 9.53 Å². The van der Waals surface area contributed by atoms with Crippen LogP contribution < -0.4 is 10.6 Å². The van der Waals surface area contributed by atoms with Gasteiger partial charge in [-0.05, 0) is 61.3 Å². The zero-order valence-corrected chi connectivity index (χ0v) is 19.9. The molecular formula is C22H33N7O3. The molecule has 174 valence electrons. The molecule has 10 heteroatoms. The van der Waals surface area contributed by atoms with Crippen molar-refractivity contribution in [2.24, 2.45) is 0 Å². The number of aryl methyl sites for hydroxylation is 2. The van der Waals surface area contributed by atoms with Gasteiger partial charge in [-0.25, -0.2) is 14.8 Å². The van der Waals surface area contributed by atoms with E-state index in [4.69, 9.17) is 4.74 Å². The van der Waals surface area contributed by atoms with E-state index in [1.165, 1.54) is 0 Å². The third kappa shape index (κ3) is 5.74. The Bertz CT molecular complexity index is 994. The number of H-pyrrole nitrogens is 1. The lowest BCUT2D eigenvalue weighted by molar-refractivity contribution is -0.138. The summed E-state index contributed by atoms with van der Waals surface area (Å²) >= 11 is 0. The van der Waals surface area contributed by atoms with Gasteiger partial charge in [0, 0.05) is 24.4 Å². The van der Waals surface area contributed by atoms with Crippen molar-refractivity contribution in [3.05, 3.63) is 29.3 Å². The first kappa shape index (κ1) is 23.5. The average molecular weight is 444 g/mol. The van der Waals surface area contributed by atoms with Crippen molar-refractivity contribution in [1.29, 1.82) is 0 Å². The minimum Gasteiger partial charge on any atom is -0.444 e. The molecule has 0 spiro atoms. The number of carbonyl (C=O) groups excluding carboxylic acids is 2. The molecule has 1 fully saturated rings. The molecule has 3 N–H and O–H groups in total. The van der Waals surface area contributed by atoms with Crippen molar-refractivity contribution < 1.29 is 14.3 Å². The summed E-state index contributed by atoms with van der Waals surface area (Å²) in [4.78, 5) is 36.5. The van der Waals surface area contributed by atoms with E-state index in [-0.39, 0.29) is 11.9 Å². The second-order valence-corrected chi connectivity index (χ2v) is 9.69. The number of hydrogen-bond acceptors (Lipinski definition) is 7. The maximum Gasteiger partial charge on any atom is 0.408 e. The van der Waals surface area contributed by atoms with Crippen LogP contribution in [0, 0.1) is 13.8 Å². The van der Waals surface area contributed by atoms with Gasteiger partial charge in [0.25, 0.3) is 0 Å². The summed E-state index contributed by atoms with van der Waals surface area (Å²) in [6.07, 6.45) is 1.01. The highest BCUT2D eigenvalue weighted by atomic mass is 16.6. The van der Waals surface area contributed by atoms with Gasteiger partial charge in [-0.2, -0.15) is 5.10 Å². The molecule has 2 aromatic heterocycles. The Morgan fingerprint density at radius 1 is 1.12 bits per heavy atom. The number of anilines is 2. The van der Waals surface area contributed by atoms with E-state index in [2.05, 4.69) is 30.8 Å². The molecular weight excluding hydrogens is 410 g/mol. The number of ether oxygens (including phenoxy) is 1. The third-order valence-corrected chi connectivity index (χ3v) is 5.02. The van der Waals surface area contributed by atoms with Crippen LogP contribution in [0.4, 0.5) is 16.4 Å². The van der Waals surface area contributed by atoms with Gasteiger partial charge < -0.3 is 20.3 Å². The minimum atomic E-state index is -1.12. The van der Waals surface area contributed by atoms with E-state index in [1.54, 1.807) is 39.5 Å². The van der Waals surface area contributed by atoms with E-state index < -0.39 is 17.2 Å². The van der Waals surface area contributed by atoms with E-state index in [9.17, 15) is 9.59 Å². The standard InChI is InChI=1S/C22H33N7O3/c1-13-11-18(28-27-13)25-17-12-15(23-14(2)24-17)16-9-8-10-29(16)19(30)22(6,7)26-20(31)32-21(3,4)5/h11-12,16H,8-10H2,1-7H3,(H,26,31)(H2,23,24,25,27,28)/t16-/m1/s1. The van der Waals surface area contributed by atoms with Crippen LogP contribution in [-0.4, -0.2) is 54.8 Å². The molecule has 1 aliphatic rings. The lowest BCUT2D eigenvalue weighted by Gasteiger charge is -2.34. The van der Waals surface area contributed by atoms with Crippen molar-refractivity contribution >= 4 is 23.6 Å². The highest BCUT2D eigenvalue weighted by Crippen LogP contribution is 2.34. The van der Waals surface area contributed by atoms with Crippen molar-refractivity contribution in [1.82, 2.24) is 30.4 Å². The van der Waals surface area contributed by atoms with E-state index in [1.807, 2.05) is 26.0 Å². The third-order valence-electron chi connectivity index (χ3n) is 5.02. The van der Waals surface area contributed by atoms with Crippen molar-refractivity contribution in [3.63, 3.8) is 0 Å². The topological polar surface area (TPSA) is 125 Å². The minimum absolute atomic E-state index is 0.181. The Labute approximate surface area is 188 Å². The number of hydrogen-bond donors (Lipinski definition) is 3. The number of amides is 2. The molecule has 3 rings (SSSR count). The second kappa shape index (κ2) is 8.76. The van der Waals surface area contributed by atoms with Gasteiger partial charge in [-0.15, -0.1) is 0 Å². The second-order valence-electron chi connectivity index (χ2n) is 9.69. The molecule has 3 heterocycles. The van der Waals surface area contributed by atoms with Crippen LogP contribution in [0.15, 0.2) is 12.1 Å². The SMILES string of the molecule is Cc1nc(Nc2cc(C)[nH]n2)cc([C@H]2CCCN2C(=O)C(C)(C)NC(=O)OC(C)(C)C)n1. The lowest BCUT2D eigenvalue weighted by atomic mass is 10.0. The molecule has 32 heavy (non-hydrogen) atoms. The first-order valence-electron chi connectivity index (χ1n) is 10.8. The van der Waals surface area contributed by atoms with E-state index >= 15 is 0 Å². The number of alkyl carbamates (subject to hydrolysis) is 1. The van der Waals surface area contributed by atoms with Crippen LogP contribution in [0.2, 0.25) is 0 Å². The Morgan fingerprint density at radius 2 is 1.84 bits per heavy atom. The molecule has 1 aliphatic heterocycles. The fraction of sp³-hybridized carbons (Fsp3) is 0.591. The van der Waals surface area contributed by atoms with Gasteiger partial charge in [-0.1, -0.05) is 0 Å². The van der Waals surface area contributed by atoms with Gasteiger partial charge in [0.1, 0.15) is 22.8 Å². The molecule has 0 saturated carbocycles. The number of aromatic amines is 1. The van der Waals surface area contributed by atoms with Gasteiger partial charge in [0.2, 0.25) is 5.91 Å². The number of carbonyl (C=O) groups is 2. The van der Waals surface area contributed by atoms with E-state index in [0.717, 1.165) is 24.2 Å². The van der Waals surface area contributed by atoms with Gasteiger partial charge in [0.15, 0.2) is 5.82 Å². The monoisotopic (exact) mass is 443 g/mol. The number of aromatic nitrogens is 4. The van der Waals surface area contributed by atoms with Crippen LogP contribution >= 0.6 is 0 Å². The van der Waals surface area contributed by atoms with Crippen LogP contribution in [0.5, 0.6) is 0 Å². The Morgan fingerprint density at radius 3 is 2.47 bits per heavy atom. The van der Waals surface area contributed by atoms with Crippen molar-refractivity contribution in [2.75, 3.05) is 11.9 Å². The van der Waals surface area contributed by atoms with Crippen LogP contribution in [0.1, 0.15) is 70.7 Å². The number of nitrogens with one attached hydrogen (secondary N) is 3. The molecule has 0 aliphatic carbocycles. The summed E-state index contributed by atoms with van der Waals surface area (Å²) in [5.74, 6) is 1.69. The highest BCUT2D eigenvalue weighted by Gasteiger charge is 2.40. The molecule has 1 saturated heterocycles. The fourth-order valence-electron chi connectivity index (χ4n) is 3.73. The van der Waals surface area contributed by atoms with E-state index in [0.29, 0.717) is 24.0 Å².